The number of aryl methyl sites for hydroxylation is 3. The van der Waals surface area contributed by atoms with Gasteiger partial charge < -0.3 is 5.32 Å². The van der Waals surface area contributed by atoms with Crippen LogP contribution in [-0.4, -0.2) is 32.7 Å². The summed E-state index contributed by atoms with van der Waals surface area (Å²) in [6, 6.07) is 10.6. The van der Waals surface area contributed by atoms with Gasteiger partial charge in [0.1, 0.15) is 0 Å². The molecular weight excluding hydrogens is 336 g/mol. The summed E-state index contributed by atoms with van der Waals surface area (Å²) in [4.78, 5) is 12.6. The molecule has 25 heavy (non-hydrogen) atoms. The van der Waals surface area contributed by atoms with Crippen LogP contribution >= 0.6 is 0 Å². The third kappa shape index (κ3) is 4.27. The van der Waals surface area contributed by atoms with E-state index < -0.39 is 10.0 Å². The Morgan fingerprint density at radius 2 is 1.60 bits per heavy atom. The zero-order valence-corrected chi connectivity index (χ0v) is 16.1. The molecule has 0 heterocycles. The monoisotopic (exact) mass is 360 g/mol. The third-order valence-electron chi connectivity index (χ3n) is 4.26. The number of carbonyl (C=O) groups excluding carboxylic acids is 1. The topological polar surface area (TPSA) is 66.5 Å². The van der Waals surface area contributed by atoms with Gasteiger partial charge in [0, 0.05) is 26.2 Å². The van der Waals surface area contributed by atoms with Crippen molar-refractivity contribution in [2.45, 2.75) is 32.2 Å². The van der Waals surface area contributed by atoms with Crippen molar-refractivity contribution in [2.24, 2.45) is 0 Å². The van der Waals surface area contributed by atoms with E-state index in [1.165, 1.54) is 37.4 Å². The standard InChI is InChI=1S/C19H24N2O3S/c1-13-6-8-16(10-15(13)3)12-20-19(22)18-11-17(9-7-14(18)2)25(23,24)21(4)5/h6-11H,12H2,1-5H3,(H,20,22). The highest BCUT2D eigenvalue weighted by Gasteiger charge is 2.20. The van der Waals surface area contributed by atoms with E-state index >= 15 is 0 Å². The molecule has 2 aromatic rings. The molecule has 1 N–H and O–H groups in total. The molecule has 2 rings (SSSR count). The van der Waals surface area contributed by atoms with Crippen molar-refractivity contribution in [3.8, 4) is 0 Å². The zero-order chi connectivity index (χ0) is 18.8. The molecule has 0 saturated heterocycles. The van der Waals surface area contributed by atoms with Crippen LogP contribution in [0, 0.1) is 20.8 Å². The van der Waals surface area contributed by atoms with Crippen LogP contribution in [0.1, 0.15) is 32.6 Å². The fourth-order valence-electron chi connectivity index (χ4n) is 2.41. The fraction of sp³-hybridized carbons (Fsp3) is 0.316. The maximum Gasteiger partial charge on any atom is 0.251 e. The average Bonchev–Trinajstić information content (AvgIpc) is 2.55. The summed E-state index contributed by atoms with van der Waals surface area (Å²) in [6.45, 7) is 6.25. The number of rotatable bonds is 5. The molecule has 0 bridgehead atoms. The number of hydrogen-bond donors (Lipinski definition) is 1. The Morgan fingerprint density at radius 1 is 0.960 bits per heavy atom. The molecule has 0 fully saturated rings. The van der Waals surface area contributed by atoms with Gasteiger partial charge in [-0.3, -0.25) is 4.79 Å². The molecule has 5 nitrogen and oxygen atoms in total. The molecule has 0 atom stereocenters. The second-order valence-corrected chi connectivity index (χ2v) is 8.52. The molecule has 2 aromatic carbocycles. The highest BCUT2D eigenvalue weighted by Crippen LogP contribution is 2.18. The highest BCUT2D eigenvalue weighted by molar-refractivity contribution is 7.89. The fourth-order valence-corrected chi connectivity index (χ4v) is 3.34. The van der Waals surface area contributed by atoms with E-state index in [1.54, 1.807) is 13.0 Å². The number of benzene rings is 2. The Hall–Kier alpha value is -2.18. The van der Waals surface area contributed by atoms with E-state index in [0.29, 0.717) is 12.1 Å². The molecule has 0 aromatic heterocycles. The molecule has 0 aliphatic rings. The van der Waals surface area contributed by atoms with Gasteiger partial charge in [-0.05, 0) is 55.2 Å². The summed E-state index contributed by atoms with van der Waals surface area (Å²) in [7, 11) is -0.640. The summed E-state index contributed by atoms with van der Waals surface area (Å²) in [6.07, 6.45) is 0. The number of sulfonamides is 1. The van der Waals surface area contributed by atoms with E-state index in [1.807, 2.05) is 32.0 Å². The van der Waals surface area contributed by atoms with Crippen molar-refractivity contribution in [1.29, 1.82) is 0 Å². The summed E-state index contributed by atoms with van der Waals surface area (Å²) in [5.41, 5.74) is 4.47. The molecular formula is C19H24N2O3S. The smallest absolute Gasteiger partial charge is 0.251 e. The molecule has 134 valence electrons. The van der Waals surface area contributed by atoms with Crippen LogP contribution in [0.15, 0.2) is 41.3 Å². The lowest BCUT2D eigenvalue weighted by atomic mass is 10.1. The molecule has 6 heteroatoms. The van der Waals surface area contributed by atoms with Crippen LogP contribution < -0.4 is 5.32 Å². The van der Waals surface area contributed by atoms with Crippen molar-refractivity contribution in [1.82, 2.24) is 9.62 Å². The van der Waals surface area contributed by atoms with Crippen LogP contribution in [0.25, 0.3) is 0 Å². The second-order valence-electron chi connectivity index (χ2n) is 6.37. The number of amides is 1. The Morgan fingerprint density at radius 3 is 2.20 bits per heavy atom. The van der Waals surface area contributed by atoms with E-state index in [9.17, 15) is 13.2 Å². The van der Waals surface area contributed by atoms with E-state index in [-0.39, 0.29) is 10.8 Å². The maximum atomic E-state index is 12.5. The van der Waals surface area contributed by atoms with Crippen LogP contribution in [0.4, 0.5) is 0 Å². The molecule has 0 unspecified atom stereocenters. The minimum atomic E-state index is -3.57. The lowest BCUT2D eigenvalue weighted by Crippen LogP contribution is -2.25. The van der Waals surface area contributed by atoms with Crippen LogP contribution in [0.5, 0.6) is 0 Å². The number of nitrogens with zero attached hydrogens (tertiary/aromatic N) is 1. The summed E-state index contributed by atoms with van der Waals surface area (Å²) in [5.74, 6) is -0.286. The van der Waals surface area contributed by atoms with Gasteiger partial charge in [0.15, 0.2) is 0 Å². The molecule has 0 saturated carbocycles. The predicted octanol–water partition coefficient (Wildman–Crippen LogP) is 2.79. The van der Waals surface area contributed by atoms with E-state index in [4.69, 9.17) is 0 Å². The van der Waals surface area contributed by atoms with Crippen molar-refractivity contribution in [3.63, 3.8) is 0 Å². The number of nitrogens with one attached hydrogen (secondary N) is 1. The summed E-state index contributed by atoms with van der Waals surface area (Å²) < 4.78 is 25.7. The first kappa shape index (κ1) is 19.1. The molecule has 0 spiro atoms. The predicted molar refractivity (Wildman–Crippen MR) is 99.1 cm³/mol. The molecule has 1 amide bonds. The third-order valence-corrected chi connectivity index (χ3v) is 6.07. The SMILES string of the molecule is Cc1ccc(CNC(=O)c2cc(S(=O)(=O)N(C)C)ccc2C)cc1C. The quantitative estimate of drug-likeness (QED) is 0.892. The van der Waals surface area contributed by atoms with Crippen LogP contribution in [0.3, 0.4) is 0 Å². The van der Waals surface area contributed by atoms with Crippen LogP contribution in [-0.2, 0) is 16.6 Å². The van der Waals surface area contributed by atoms with Gasteiger partial charge >= 0.3 is 0 Å². The van der Waals surface area contributed by atoms with Gasteiger partial charge in [0.2, 0.25) is 10.0 Å². The molecule has 0 aliphatic carbocycles. The van der Waals surface area contributed by atoms with Gasteiger partial charge in [0.05, 0.1) is 4.90 Å². The summed E-state index contributed by atoms with van der Waals surface area (Å²) in [5, 5.41) is 2.86. The zero-order valence-electron chi connectivity index (χ0n) is 15.3. The first-order valence-corrected chi connectivity index (χ1v) is 9.44. The first-order chi connectivity index (χ1) is 11.6. The van der Waals surface area contributed by atoms with E-state index in [2.05, 4.69) is 5.32 Å². The van der Waals surface area contributed by atoms with Crippen LogP contribution in [0.2, 0.25) is 0 Å². The Bertz CT molecular complexity index is 903. The van der Waals surface area contributed by atoms with Crippen molar-refractivity contribution in [2.75, 3.05) is 14.1 Å². The largest absolute Gasteiger partial charge is 0.348 e. The van der Waals surface area contributed by atoms with Gasteiger partial charge in [-0.2, -0.15) is 0 Å². The van der Waals surface area contributed by atoms with Crippen molar-refractivity contribution < 1.29 is 13.2 Å². The second kappa shape index (κ2) is 7.37. The van der Waals surface area contributed by atoms with Crippen molar-refractivity contribution in [3.05, 3.63) is 64.2 Å². The molecule has 0 radical (unpaired) electrons. The lowest BCUT2D eigenvalue weighted by molar-refractivity contribution is 0.0950. The highest BCUT2D eigenvalue weighted by atomic mass is 32.2. The van der Waals surface area contributed by atoms with Gasteiger partial charge in [-0.15, -0.1) is 0 Å². The minimum absolute atomic E-state index is 0.111. The average molecular weight is 360 g/mol. The van der Waals surface area contributed by atoms with Gasteiger partial charge in [-0.25, -0.2) is 12.7 Å². The number of hydrogen-bond acceptors (Lipinski definition) is 3. The van der Waals surface area contributed by atoms with Gasteiger partial charge in [0.25, 0.3) is 5.91 Å². The Labute approximate surface area is 149 Å². The first-order valence-electron chi connectivity index (χ1n) is 8.00. The minimum Gasteiger partial charge on any atom is -0.348 e. The maximum absolute atomic E-state index is 12.5. The lowest BCUT2D eigenvalue weighted by Gasteiger charge is -2.14. The van der Waals surface area contributed by atoms with Gasteiger partial charge in [-0.1, -0.05) is 24.3 Å². The van der Waals surface area contributed by atoms with E-state index in [0.717, 1.165) is 15.4 Å². The molecule has 0 aliphatic heterocycles. The Kier molecular flexibility index (Phi) is 5.65. The van der Waals surface area contributed by atoms with Crippen molar-refractivity contribution >= 4 is 15.9 Å². The summed E-state index contributed by atoms with van der Waals surface area (Å²) >= 11 is 0. The Balaban J connectivity index is 2.22. The normalized spacial score (nSPS) is 11.6. The number of carbonyl (C=O) groups is 1.